The molecule has 5 nitrogen and oxygen atoms in total. The summed E-state index contributed by atoms with van der Waals surface area (Å²) in [6, 6.07) is 13.5. The average Bonchev–Trinajstić information content (AvgIpc) is 3.48. The Kier molecular flexibility index (Phi) is 4.14. The van der Waals surface area contributed by atoms with Crippen LogP contribution in [0.4, 0.5) is 0 Å². The fraction of sp³-hybridized carbons (Fsp3) is 0.333. The lowest BCUT2D eigenvalue weighted by Crippen LogP contribution is -2.42. The molecular weight excluding hydrogens is 362 g/mol. The van der Waals surface area contributed by atoms with Crippen LogP contribution >= 0.6 is 11.6 Å². The van der Waals surface area contributed by atoms with Gasteiger partial charge in [-0.3, -0.25) is 4.79 Å². The number of amides is 1. The van der Waals surface area contributed by atoms with E-state index in [0.717, 1.165) is 29.7 Å². The average molecular weight is 382 g/mol. The van der Waals surface area contributed by atoms with Gasteiger partial charge in [0.05, 0.1) is 18.7 Å². The molecule has 2 aliphatic rings. The van der Waals surface area contributed by atoms with Crippen LogP contribution in [0.1, 0.15) is 46.7 Å². The maximum absolute atomic E-state index is 13.3. The van der Waals surface area contributed by atoms with Crippen LogP contribution in [-0.4, -0.2) is 39.9 Å². The molecule has 3 heterocycles. The second-order valence-corrected chi connectivity index (χ2v) is 7.65. The molecule has 1 unspecified atom stereocenters. The lowest BCUT2D eigenvalue weighted by molar-refractivity contribution is -0.0229. The number of morpholine rings is 1. The Hall–Kier alpha value is -2.37. The van der Waals surface area contributed by atoms with E-state index in [0.29, 0.717) is 36.3 Å². The van der Waals surface area contributed by atoms with Crippen molar-refractivity contribution in [2.24, 2.45) is 0 Å². The second kappa shape index (κ2) is 6.66. The Morgan fingerprint density at radius 2 is 1.96 bits per heavy atom. The van der Waals surface area contributed by atoms with E-state index in [2.05, 4.69) is 4.40 Å². The minimum atomic E-state index is -0.142. The van der Waals surface area contributed by atoms with Gasteiger partial charge in [-0.2, -0.15) is 0 Å². The largest absolute Gasteiger partial charge is 0.370 e. The zero-order valence-electron chi connectivity index (χ0n) is 14.8. The zero-order chi connectivity index (χ0) is 18.4. The van der Waals surface area contributed by atoms with Gasteiger partial charge >= 0.3 is 0 Å². The van der Waals surface area contributed by atoms with Crippen molar-refractivity contribution in [1.82, 2.24) is 14.3 Å². The first-order valence-corrected chi connectivity index (χ1v) is 9.72. The fourth-order valence-corrected chi connectivity index (χ4v) is 3.84. The molecule has 0 radical (unpaired) electrons. The van der Waals surface area contributed by atoms with Crippen LogP contribution in [0.2, 0.25) is 5.02 Å². The first-order chi connectivity index (χ1) is 13.2. The first-order valence-electron chi connectivity index (χ1n) is 9.34. The maximum atomic E-state index is 13.3. The number of aromatic nitrogens is 2. The van der Waals surface area contributed by atoms with E-state index in [1.165, 1.54) is 0 Å². The SMILES string of the molecule is O=C(c1nc(C2CC2)n2ccccc12)N1CCOC(c2ccc(Cl)cc2)C1. The number of halogens is 1. The van der Waals surface area contributed by atoms with Crippen LogP contribution < -0.4 is 0 Å². The quantitative estimate of drug-likeness (QED) is 0.686. The van der Waals surface area contributed by atoms with Crippen LogP contribution in [0.15, 0.2) is 48.7 Å². The van der Waals surface area contributed by atoms with Crippen molar-refractivity contribution in [3.8, 4) is 0 Å². The maximum Gasteiger partial charge on any atom is 0.274 e. The minimum absolute atomic E-state index is 0.0205. The van der Waals surface area contributed by atoms with E-state index in [-0.39, 0.29) is 12.0 Å². The van der Waals surface area contributed by atoms with Gasteiger partial charge < -0.3 is 14.0 Å². The Balaban J connectivity index is 1.44. The van der Waals surface area contributed by atoms with Gasteiger partial charge in [-0.1, -0.05) is 29.8 Å². The number of ether oxygens (including phenoxy) is 1. The lowest BCUT2D eigenvalue weighted by atomic mass is 10.1. The first kappa shape index (κ1) is 16.8. The van der Waals surface area contributed by atoms with Gasteiger partial charge in [-0.25, -0.2) is 4.98 Å². The van der Waals surface area contributed by atoms with Gasteiger partial charge in [-0.15, -0.1) is 0 Å². The van der Waals surface area contributed by atoms with Crippen molar-refractivity contribution in [1.29, 1.82) is 0 Å². The number of hydrogen-bond acceptors (Lipinski definition) is 3. The number of benzene rings is 1. The van der Waals surface area contributed by atoms with Gasteiger partial charge in [0.25, 0.3) is 5.91 Å². The summed E-state index contributed by atoms with van der Waals surface area (Å²) in [5.41, 5.74) is 2.47. The smallest absolute Gasteiger partial charge is 0.274 e. The topological polar surface area (TPSA) is 46.8 Å². The van der Waals surface area contributed by atoms with Crippen LogP contribution in [0.25, 0.3) is 5.52 Å². The molecule has 0 bridgehead atoms. The van der Waals surface area contributed by atoms with Crippen molar-refractivity contribution in [2.45, 2.75) is 24.9 Å². The van der Waals surface area contributed by atoms with Gasteiger partial charge in [0.1, 0.15) is 11.9 Å². The van der Waals surface area contributed by atoms with Crippen molar-refractivity contribution in [2.75, 3.05) is 19.7 Å². The molecule has 2 aromatic heterocycles. The number of imidazole rings is 1. The highest BCUT2D eigenvalue weighted by Crippen LogP contribution is 2.40. The summed E-state index contributed by atoms with van der Waals surface area (Å²) in [6.45, 7) is 1.61. The molecular formula is C21H20ClN3O2. The summed E-state index contributed by atoms with van der Waals surface area (Å²) in [5.74, 6) is 1.47. The number of fused-ring (bicyclic) bond motifs is 1. The lowest BCUT2D eigenvalue weighted by Gasteiger charge is -2.33. The molecule has 1 atom stereocenters. The normalized spacial score (nSPS) is 20.2. The molecule has 2 fully saturated rings. The third kappa shape index (κ3) is 3.11. The van der Waals surface area contributed by atoms with E-state index in [4.69, 9.17) is 21.3 Å². The highest BCUT2D eigenvalue weighted by molar-refractivity contribution is 6.30. The molecule has 1 aliphatic carbocycles. The number of hydrogen-bond donors (Lipinski definition) is 0. The van der Waals surface area contributed by atoms with Gasteiger partial charge in [-0.05, 0) is 42.7 Å². The summed E-state index contributed by atoms with van der Waals surface area (Å²) in [5, 5.41) is 0.694. The summed E-state index contributed by atoms with van der Waals surface area (Å²) in [4.78, 5) is 19.9. The third-order valence-electron chi connectivity index (χ3n) is 5.32. The summed E-state index contributed by atoms with van der Waals surface area (Å²) >= 11 is 5.98. The molecule has 0 N–H and O–H groups in total. The Bertz CT molecular complexity index is 994. The van der Waals surface area contributed by atoms with Crippen molar-refractivity contribution in [3.05, 3.63) is 70.8 Å². The molecule has 1 aliphatic heterocycles. The Morgan fingerprint density at radius 3 is 2.74 bits per heavy atom. The van der Waals surface area contributed by atoms with Crippen LogP contribution in [-0.2, 0) is 4.74 Å². The summed E-state index contributed by atoms with van der Waals surface area (Å²) < 4.78 is 7.97. The number of carbonyl (C=O) groups is 1. The van der Waals surface area contributed by atoms with Crippen LogP contribution in [0, 0.1) is 0 Å². The molecule has 6 heteroatoms. The van der Waals surface area contributed by atoms with Gasteiger partial charge in [0.15, 0.2) is 5.69 Å². The zero-order valence-corrected chi connectivity index (χ0v) is 15.6. The number of rotatable bonds is 3. The number of nitrogens with zero attached hydrogens (tertiary/aromatic N) is 3. The molecule has 138 valence electrons. The third-order valence-corrected chi connectivity index (χ3v) is 5.57. The standard InChI is InChI=1S/C21H20ClN3O2/c22-16-8-6-14(7-9-16)18-13-24(11-12-27-18)21(26)19-17-3-1-2-10-25(17)20(23-19)15-4-5-15/h1-3,6-10,15,18H,4-5,11-13H2. The van der Waals surface area contributed by atoms with Crippen molar-refractivity contribution >= 4 is 23.0 Å². The molecule has 1 saturated carbocycles. The highest BCUT2D eigenvalue weighted by Gasteiger charge is 2.33. The van der Waals surface area contributed by atoms with Crippen LogP contribution in [0.3, 0.4) is 0 Å². The van der Waals surface area contributed by atoms with Crippen molar-refractivity contribution in [3.63, 3.8) is 0 Å². The van der Waals surface area contributed by atoms with Crippen molar-refractivity contribution < 1.29 is 9.53 Å². The molecule has 1 aromatic carbocycles. The molecule has 27 heavy (non-hydrogen) atoms. The van der Waals surface area contributed by atoms with Crippen LogP contribution in [0.5, 0.6) is 0 Å². The van der Waals surface area contributed by atoms with E-state index in [9.17, 15) is 4.79 Å². The van der Waals surface area contributed by atoms with Gasteiger partial charge in [0, 0.05) is 23.7 Å². The van der Waals surface area contributed by atoms with E-state index >= 15 is 0 Å². The Morgan fingerprint density at radius 1 is 1.15 bits per heavy atom. The van der Waals surface area contributed by atoms with Gasteiger partial charge in [0.2, 0.25) is 0 Å². The number of pyridine rings is 1. The Labute approximate surface area is 162 Å². The second-order valence-electron chi connectivity index (χ2n) is 7.21. The summed E-state index contributed by atoms with van der Waals surface area (Å²) in [7, 11) is 0. The minimum Gasteiger partial charge on any atom is -0.370 e. The fourth-order valence-electron chi connectivity index (χ4n) is 3.71. The highest BCUT2D eigenvalue weighted by atomic mass is 35.5. The van der Waals surface area contributed by atoms with E-state index in [1.54, 1.807) is 0 Å². The molecule has 5 rings (SSSR count). The predicted octanol–water partition coefficient (Wildman–Crippen LogP) is 4.08. The summed E-state index contributed by atoms with van der Waals surface area (Å²) in [6.07, 6.45) is 4.16. The molecule has 0 spiro atoms. The van der Waals surface area contributed by atoms with E-state index in [1.807, 2.05) is 53.6 Å². The molecule has 1 amide bonds. The molecule has 3 aromatic rings. The number of carbonyl (C=O) groups excluding carboxylic acids is 1. The van der Waals surface area contributed by atoms with E-state index < -0.39 is 0 Å². The monoisotopic (exact) mass is 381 g/mol. The predicted molar refractivity (Wildman–Crippen MR) is 103 cm³/mol. The molecule has 1 saturated heterocycles.